The van der Waals surface area contributed by atoms with Gasteiger partial charge in [0.25, 0.3) is 0 Å². The Kier molecular flexibility index (Phi) is 3.96. The van der Waals surface area contributed by atoms with Crippen LogP contribution in [-0.2, 0) is 13.1 Å². The minimum Gasteiger partial charge on any atom is -0.365 e. The van der Waals surface area contributed by atoms with E-state index in [1.165, 1.54) is 27.9 Å². The van der Waals surface area contributed by atoms with Crippen molar-refractivity contribution in [3.8, 4) is 0 Å². The van der Waals surface area contributed by atoms with E-state index >= 15 is 0 Å². The maximum absolute atomic E-state index is 3.69. The molecule has 0 saturated carbocycles. The van der Waals surface area contributed by atoms with Gasteiger partial charge in [-0.15, -0.1) is 0 Å². The fourth-order valence-electron chi connectivity index (χ4n) is 3.17. The number of anilines is 1. The molecule has 0 fully saturated rings. The highest BCUT2D eigenvalue weighted by Gasteiger charge is 2.26. The van der Waals surface area contributed by atoms with Crippen molar-refractivity contribution < 1.29 is 0 Å². The molecule has 0 radical (unpaired) electrons. The number of nitrogens with one attached hydrogen (secondary N) is 1. The van der Waals surface area contributed by atoms with E-state index in [0.717, 1.165) is 19.6 Å². The summed E-state index contributed by atoms with van der Waals surface area (Å²) < 4.78 is 0. The van der Waals surface area contributed by atoms with Crippen LogP contribution in [0.4, 0.5) is 5.69 Å². The molecular formula is C20H26N2. The summed E-state index contributed by atoms with van der Waals surface area (Å²) in [4.78, 5) is 2.51. The highest BCUT2D eigenvalue weighted by Crippen LogP contribution is 2.28. The molecule has 1 heterocycles. The number of rotatable bonds is 2. The smallest absolute Gasteiger partial charge is 0.0430 e. The Morgan fingerprint density at radius 2 is 1.68 bits per heavy atom. The lowest BCUT2D eigenvalue weighted by atomic mass is 10.0. The monoisotopic (exact) mass is 294 g/mol. The average Bonchev–Trinajstić information content (AvgIpc) is 2.58. The van der Waals surface area contributed by atoms with Crippen LogP contribution in [0.15, 0.2) is 42.5 Å². The van der Waals surface area contributed by atoms with E-state index in [4.69, 9.17) is 0 Å². The van der Waals surface area contributed by atoms with Gasteiger partial charge >= 0.3 is 0 Å². The highest BCUT2D eigenvalue weighted by atomic mass is 15.2. The molecule has 1 aliphatic rings. The van der Waals surface area contributed by atoms with Gasteiger partial charge < -0.3 is 10.2 Å². The fourth-order valence-corrected chi connectivity index (χ4v) is 3.17. The summed E-state index contributed by atoms with van der Waals surface area (Å²) in [6.07, 6.45) is 0. The number of benzene rings is 2. The van der Waals surface area contributed by atoms with Crippen molar-refractivity contribution in [2.75, 3.05) is 11.4 Å². The van der Waals surface area contributed by atoms with Crippen molar-refractivity contribution in [1.29, 1.82) is 0 Å². The van der Waals surface area contributed by atoms with Crippen molar-refractivity contribution in [2.45, 2.75) is 46.3 Å². The van der Waals surface area contributed by atoms with Crippen LogP contribution in [0.25, 0.3) is 0 Å². The SMILES string of the molecule is Cc1ccc(CN2CC(C)(C)NCc3cc(C)ccc32)cc1. The Hall–Kier alpha value is -1.80. The summed E-state index contributed by atoms with van der Waals surface area (Å²) in [6.45, 7) is 11.8. The molecule has 2 nitrogen and oxygen atoms in total. The molecular weight excluding hydrogens is 268 g/mol. The summed E-state index contributed by atoms with van der Waals surface area (Å²) in [5, 5.41) is 3.69. The predicted octanol–water partition coefficient (Wildman–Crippen LogP) is 4.19. The van der Waals surface area contributed by atoms with E-state index in [1.54, 1.807) is 0 Å². The van der Waals surface area contributed by atoms with Gasteiger partial charge in [0.2, 0.25) is 0 Å². The summed E-state index contributed by atoms with van der Waals surface area (Å²) in [6, 6.07) is 15.7. The number of hydrogen-bond donors (Lipinski definition) is 1. The van der Waals surface area contributed by atoms with E-state index in [2.05, 4.69) is 80.4 Å². The van der Waals surface area contributed by atoms with E-state index in [0.29, 0.717) is 0 Å². The zero-order valence-corrected chi connectivity index (χ0v) is 14.1. The predicted molar refractivity (Wildman–Crippen MR) is 94.3 cm³/mol. The van der Waals surface area contributed by atoms with Crippen LogP contribution >= 0.6 is 0 Å². The van der Waals surface area contributed by atoms with Crippen LogP contribution in [-0.4, -0.2) is 12.1 Å². The van der Waals surface area contributed by atoms with E-state index in [-0.39, 0.29) is 5.54 Å². The molecule has 0 bridgehead atoms. The number of fused-ring (bicyclic) bond motifs is 1. The third-order valence-electron chi connectivity index (χ3n) is 4.41. The lowest BCUT2D eigenvalue weighted by Gasteiger charge is -2.32. The molecule has 0 aromatic heterocycles. The number of aryl methyl sites for hydroxylation is 2. The van der Waals surface area contributed by atoms with Gasteiger partial charge in [-0.25, -0.2) is 0 Å². The maximum atomic E-state index is 3.69. The zero-order valence-electron chi connectivity index (χ0n) is 14.1. The first-order valence-corrected chi connectivity index (χ1v) is 8.08. The molecule has 2 heteroatoms. The summed E-state index contributed by atoms with van der Waals surface area (Å²) in [5.74, 6) is 0. The summed E-state index contributed by atoms with van der Waals surface area (Å²) in [7, 11) is 0. The molecule has 0 saturated heterocycles. The molecule has 2 aromatic rings. The van der Waals surface area contributed by atoms with Gasteiger partial charge in [0.15, 0.2) is 0 Å². The molecule has 3 rings (SSSR count). The van der Waals surface area contributed by atoms with Crippen molar-refractivity contribution >= 4 is 5.69 Å². The van der Waals surface area contributed by atoms with Crippen LogP contribution in [0.1, 0.15) is 36.1 Å². The third-order valence-corrected chi connectivity index (χ3v) is 4.41. The lowest BCUT2D eigenvalue weighted by molar-refractivity contribution is 0.395. The largest absolute Gasteiger partial charge is 0.365 e. The first-order chi connectivity index (χ1) is 10.4. The topological polar surface area (TPSA) is 15.3 Å². The Morgan fingerprint density at radius 3 is 2.41 bits per heavy atom. The number of hydrogen-bond acceptors (Lipinski definition) is 2. The standard InChI is InChI=1S/C20H26N2/c1-15-5-8-17(9-6-15)13-22-14-20(3,4)21-12-18-11-16(2)7-10-19(18)22/h5-11,21H,12-14H2,1-4H3. The number of nitrogens with zero attached hydrogens (tertiary/aromatic N) is 1. The van der Waals surface area contributed by atoms with Crippen LogP contribution in [0.3, 0.4) is 0 Å². The van der Waals surface area contributed by atoms with Crippen LogP contribution in [0, 0.1) is 13.8 Å². The molecule has 0 unspecified atom stereocenters. The second kappa shape index (κ2) is 5.77. The normalized spacial score (nSPS) is 17.0. The molecule has 0 atom stereocenters. The summed E-state index contributed by atoms with van der Waals surface area (Å²) in [5.41, 5.74) is 6.89. The van der Waals surface area contributed by atoms with Gasteiger partial charge in [0.05, 0.1) is 0 Å². The zero-order chi connectivity index (χ0) is 15.7. The van der Waals surface area contributed by atoms with Crippen LogP contribution in [0.2, 0.25) is 0 Å². The molecule has 0 spiro atoms. The minimum absolute atomic E-state index is 0.109. The van der Waals surface area contributed by atoms with Gasteiger partial charge in [-0.1, -0.05) is 47.5 Å². The quantitative estimate of drug-likeness (QED) is 0.893. The van der Waals surface area contributed by atoms with Gasteiger partial charge in [-0.3, -0.25) is 0 Å². The second-order valence-electron chi connectivity index (χ2n) is 7.21. The molecule has 116 valence electrons. The molecule has 22 heavy (non-hydrogen) atoms. The average molecular weight is 294 g/mol. The first-order valence-electron chi connectivity index (χ1n) is 8.08. The Labute approximate surface area is 134 Å². The van der Waals surface area contributed by atoms with Crippen LogP contribution in [0.5, 0.6) is 0 Å². The van der Waals surface area contributed by atoms with Crippen molar-refractivity contribution in [3.05, 3.63) is 64.7 Å². The Bertz CT molecular complexity index is 656. The molecule has 1 aliphatic heterocycles. The Balaban J connectivity index is 1.94. The molecule has 2 aromatic carbocycles. The minimum atomic E-state index is 0.109. The molecule has 0 aliphatic carbocycles. The maximum Gasteiger partial charge on any atom is 0.0430 e. The van der Waals surface area contributed by atoms with Crippen molar-refractivity contribution in [1.82, 2.24) is 5.32 Å². The fraction of sp³-hybridized carbons (Fsp3) is 0.400. The van der Waals surface area contributed by atoms with Crippen LogP contribution < -0.4 is 10.2 Å². The van der Waals surface area contributed by atoms with E-state index < -0.39 is 0 Å². The highest BCUT2D eigenvalue weighted by molar-refractivity contribution is 5.56. The van der Waals surface area contributed by atoms with E-state index in [1.807, 2.05) is 0 Å². The first kappa shape index (κ1) is 15.1. The second-order valence-corrected chi connectivity index (χ2v) is 7.21. The summed E-state index contributed by atoms with van der Waals surface area (Å²) >= 11 is 0. The third kappa shape index (κ3) is 3.33. The van der Waals surface area contributed by atoms with Gasteiger partial charge in [0.1, 0.15) is 0 Å². The lowest BCUT2D eigenvalue weighted by Crippen LogP contribution is -2.46. The van der Waals surface area contributed by atoms with Gasteiger partial charge in [-0.2, -0.15) is 0 Å². The molecule has 0 amide bonds. The van der Waals surface area contributed by atoms with Gasteiger partial charge in [-0.05, 0) is 44.9 Å². The van der Waals surface area contributed by atoms with Crippen molar-refractivity contribution in [3.63, 3.8) is 0 Å². The Morgan fingerprint density at radius 1 is 1.00 bits per heavy atom. The molecule has 1 N–H and O–H groups in total. The van der Waals surface area contributed by atoms with Gasteiger partial charge in [0, 0.05) is 30.9 Å². The van der Waals surface area contributed by atoms with Crippen molar-refractivity contribution in [2.24, 2.45) is 0 Å². The van der Waals surface area contributed by atoms with E-state index in [9.17, 15) is 0 Å².